The molecule has 10 heteroatoms. The van der Waals surface area contributed by atoms with Crippen molar-refractivity contribution in [3.8, 4) is 78.7 Å². The van der Waals surface area contributed by atoms with E-state index in [0.717, 1.165) is 50.6 Å². The van der Waals surface area contributed by atoms with Crippen LogP contribution in [0, 0.1) is 0 Å². The van der Waals surface area contributed by atoms with Gasteiger partial charge in [-0.1, -0.05) is 205 Å². The molecule has 0 aliphatic heterocycles. The van der Waals surface area contributed by atoms with Crippen LogP contribution < -0.4 is 5.46 Å². The molecule has 0 bridgehead atoms. The van der Waals surface area contributed by atoms with Crippen molar-refractivity contribution in [2.75, 3.05) is 0 Å². The van der Waals surface area contributed by atoms with E-state index >= 15 is 0 Å². The van der Waals surface area contributed by atoms with E-state index in [-0.39, 0.29) is 5.28 Å². The monoisotopic (exact) mass is 916 g/mol. The van der Waals surface area contributed by atoms with Crippen LogP contribution in [0.15, 0.2) is 231 Å². The summed E-state index contributed by atoms with van der Waals surface area (Å²) in [6.45, 7) is 0. The summed E-state index contributed by atoms with van der Waals surface area (Å²) in [5.74, 6) is 0.681. The number of halogens is 3. The number of hydrogen-bond donors (Lipinski definition) is 2. The Morgan fingerprint density at radius 1 is 0.288 bits per heavy atom. The molecule has 0 radical (unpaired) electrons. The lowest BCUT2D eigenvalue weighted by Gasteiger charge is -2.10. The topological polar surface area (TPSA) is 92.0 Å². The smallest absolute Gasteiger partial charge is 0.423 e. The number of aromatic nitrogens is 4. The Labute approximate surface area is 399 Å². The van der Waals surface area contributed by atoms with Crippen molar-refractivity contribution >= 4 is 47.4 Å². The zero-order chi connectivity index (χ0) is 45.7. The molecule has 0 aliphatic rings. The van der Waals surface area contributed by atoms with Crippen LogP contribution in [-0.4, -0.2) is 37.1 Å². The lowest BCUT2D eigenvalue weighted by atomic mass is 9.81. The van der Waals surface area contributed by atoms with Crippen LogP contribution in [-0.2, 0) is 0 Å². The van der Waals surface area contributed by atoms with Gasteiger partial charge in [-0.3, -0.25) is 0 Å². The van der Waals surface area contributed by atoms with Gasteiger partial charge in [-0.2, -0.15) is 0 Å². The van der Waals surface area contributed by atoms with E-state index in [9.17, 15) is 0 Å². The van der Waals surface area contributed by atoms with Gasteiger partial charge in [0.15, 0.2) is 5.82 Å². The minimum Gasteiger partial charge on any atom is -0.423 e. The maximum Gasteiger partial charge on any atom is 0.488 e. The van der Waals surface area contributed by atoms with Gasteiger partial charge < -0.3 is 10.0 Å². The molecule has 0 aliphatic carbocycles. The first-order valence-electron chi connectivity index (χ1n) is 21.0. The Hall–Kier alpha value is -7.23. The average Bonchev–Trinajstić information content (AvgIpc) is 3.38. The lowest BCUT2D eigenvalue weighted by Crippen LogP contribution is -2.29. The van der Waals surface area contributed by atoms with Crippen molar-refractivity contribution in [1.82, 2.24) is 19.9 Å². The quantitative estimate of drug-likeness (QED) is 0.117. The van der Waals surface area contributed by atoms with E-state index in [2.05, 4.69) is 107 Å². The summed E-state index contributed by atoms with van der Waals surface area (Å²) >= 11 is 17.8. The van der Waals surface area contributed by atoms with E-state index in [1.807, 2.05) is 109 Å². The number of rotatable bonds is 8. The molecule has 0 atom stereocenters. The highest BCUT2D eigenvalue weighted by atomic mass is 35.5. The van der Waals surface area contributed by atoms with E-state index in [4.69, 9.17) is 54.8 Å². The second kappa shape index (κ2) is 22.1. The minimum absolute atomic E-state index is 0.253. The molecule has 0 fully saturated rings. The van der Waals surface area contributed by atoms with Crippen molar-refractivity contribution < 1.29 is 10.0 Å². The van der Waals surface area contributed by atoms with Crippen LogP contribution in [0.25, 0.3) is 78.7 Å². The molecule has 0 unspecified atom stereocenters. The van der Waals surface area contributed by atoms with Gasteiger partial charge in [0, 0.05) is 37.9 Å². The summed E-state index contributed by atoms with van der Waals surface area (Å²) in [5, 5.41) is 18.8. The first-order valence-corrected chi connectivity index (χ1v) is 22.1. The fourth-order valence-electron chi connectivity index (χ4n) is 6.97. The first kappa shape index (κ1) is 45.3. The van der Waals surface area contributed by atoms with Crippen molar-refractivity contribution in [2.45, 2.75) is 0 Å². The molecular weight excluding hydrogens is 878 g/mol. The number of hydrogen-bond acceptors (Lipinski definition) is 6. The van der Waals surface area contributed by atoms with Crippen molar-refractivity contribution in [2.24, 2.45) is 0 Å². The molecule has 320 valence electrons. The molecule has 2 N–H and O–H groups in total. The molecule has 0 spiro atoms. The molecule has 10 aromatic rings. The molecule has 0 saturated heterocycles. The van der Waals surface area contributed by atoms with Gasteiger partial charge in [-0.05, 0) is 87.8 Å². The maximum absolute atomic E-state index is 8.63. The maximum atomic E-state index is 8.63. The second-order valence-corrected chi connectivity index (χ2v) is 16.1. The summed E-state index contributed by atoms with van der Waals surface area (Å²) in [7, 11) is -1.41. The molecule has 2 heterocycles. The van der Waals surface area contributed by atoms with Crippen LogP contribution in [0.2, 0.25) is 15.3 Å². The van der Waals surface area contributed by atoms with Gasteiger partial charge in [0.2, 0.25) is 5.28 Å². The molecule has 6 nitrogen and oxygen atoms in total. The van der Waals surface area contributed by atoms with E-state index in [0.29, 0.717) is 21.3 Å². The third-order valence-electron chi connectivity index (χ3n) is 10.4. The van der Waals surface area contributed by atoms with Crippen LogP contribution >= 0.6 is 34.8 Å². The summed E-state index contributed by atoms with van der Waals surface area (Å²) < 4.78 is 0. The van der Waals surface area contributed by atoms with Crippen LogP contribution in [0.5, 0.6) is 0 Å². The van der Waals surface area contributed by atoms with E-state index in [1.165, 1.54) is 22.3 Å². The summed E-state index contributed by atoms with van der Waals surface area (Å²) in [5.41, 5.74) is 13.7. The number of benzene rings is 8. The van der Waals surface area contributed by atoms with E-state index < -0.39 is 7.12 Å². The predicted molar refractivity (Wildman–Crippen MR) is 273 cm³/mol. The molecule has 2 aromatic heterocycles. The van der Waals surface area contributed by atoms with Crippen LogP contribution in [0.1, 0.15) is 0 Å². The molecule has 8 aromatic carbocycles. The Balaban J connectivity index is 0.000000151. The fraction of sp³-hybridized carbons (Fsp3) is 0. The molecule has 10 rings (SSSR count). The highest BCUT2D eigenvalue weighted by molar-refractivity contribution is 6.58. The van der Waals surface area contributed by atoms with Crippen molar-refractivity contribution in [3.63, 3.8) is 0 Å². The highest BCUT2D eigenvalue weighted by Crippen LogP contribution is 2.31. The van der Waals surface area contributed by atoms with Gasteiger partial charge in [0.1, 0.15) is 0 Å². The van der Waals surface area contributed by atoms with Crippen LogP contribution in [0.3, 0.4) is 0 Å². The van der Waals surface area contributed by atoms with Gasteiger partial charge in [0.05, 0.1) is 22.8 Å². The third kappa shape index (κ3) is 12.1. The van der Waals surface area contributed by atoms with Gasteiger partial charge in [-0.25, -0.2) is 19.9 Å². The first-order chi connectivity index (χ1) is 32.3. The molecule has 0 saturated carbocycles. The van der Waals surface area contributed by atoms with Crippen LogP contribution in [0.4, 0.5) is 0 Å². The van der Waals surface area contributed by atoms with Crippen molar-refractivity contribution in [1.29, 1.82) is 0 Å². The SMILES string of the molecule is Clc1ccc(-c2nc(-c3ccccc3)cc(-c3ccc(-c4ccccc4)cc3)n2)cc1.Clc1nc(-c2ccccc2)cc(-c2ccc(-c3ccccc3)cc2)n1.OB(O)c1ccc(Cl)cc1. The largest absolute Gasteiger partial charge is 0.488 e. The Morgan fingerprint density at radius 3 is 0.924 bits per heavy atom. The lowest BCUT2D eigenvalue weighted by molar-refractivity contribution is 0.426. The Kier molecular flexibility index (Phi) is 15.2. The standard InChI is InChI=1S/C28H19ClN2.C22H15ClN2.C6H6BClO2/c29-25-17-15-24(16-18-25)28-30-26(22-9-5-2-6-10-22)19-27(31-28)23-13-11-21(12-14-23)20-7-3-1-4-8-20;23-22-24-20(18-9-5-2-6-10-18)15-21(25-22)19-13-11-17(12-14-19)16-7-3-1-4-8-16;8-6-3-1-5(2-4-6)7(9)10/h1-19H;1-15H;1-4,9-10H. The molecule has 66 heavy (non-hydrogen) atoms. The number of nitrogens with zero attached hydrogens (tertiary/aromatic N) is 4. The third-order valence-corrected chi connectivity index (χ3v) is 11.1. The summed E-state index contributed by atoms with van der Waals surface area (Å²) in [6.07, 6.45) is 0. The van der Waals surface area contributed by atoms with E-state index in [1.54, 1.807) is 24.3 Å². The Morgan fingerprint density at radius 2 is 0.561 bits per heavy atom. The summed E-state index contributed by atoms with van der Waals surface area (Å²) in [6, 6.07) is 75.7. The minimum atomic E-state index is -1.41. The van der Waals surface area contributed by atoms with Gasteiger partial charge in [0.25, 0.3) is 0 Å². The van der Waals surface area contributed by atoms with Gasteiger partial charge in [-0.15, -0.1) is 0 Å². The zero-order valence-electron chi connectivity index (χ0n) is 35.3. The highest BCUT2D eigenvalue weighted by Gasteiger charge is 2.12. The van der Waals surface area contributed by atoms with Gasteiger partial charge >= 0.3 is 7.12 Å². The zero-order valence-corrected chi connectivity index (χ0v) is 37.6. The second-order valence-electron chi connectivity index (χ2n) is 14.9. The molecule has 0 amide bonds. The average molecular weight is 918 g/mol. The predicted octanol–water partition coefficient (Wildman–Crippen LogP) is 13.9. The Bertz CT molecular complexity index is 3100. The molecular formula is C56H40BCl3N4O2. The summed E-state index contributed by atoms with van der Waals surface area (Å²) in [4.78, 5) is 18.5. The fourth-order valence-corrected chi connectivity index (χ4v) is 7.40. The van der Waals surface area contributed by atoms with Crippen molar-refractivity contribution in [3.05, 3.63) is 246 Å². The normalized spacial score (nSPS) is 10.5.